The zero-order valence-electron chi connectivity index (χ0n) is 11.5. The smallest absolute Gasteiger partial charge is 0.119 e. The lowest BCUT2D eigenvalue weighted by Crippen LogP contribution is -2.24. The Morgan fingerprint density at radius 1 is 1.18 bits per heavy atom. The highest BCUT2D eigenvalue weighted by molar-refractivity contribution is 5.30. The van der Waals surface area contributed by atoms with Gasteiger partial charge >= 0.3 is 0 Å². The number of hydrogen-bond acceptors (Lipinski definition) is 2. The molecule has 1 N–H and O–H groups in total. The standard InChI is InChI=1S/C15H25NO/c1-12(2)11-16-8-9-17-15-7-5-6-14(10-15)13(3)4/h5-7,10,12-13,16H,8-9,11H2,1-4H3. The predicted molar refractivity (Wildman–Crippen MR) is 73.7 cm³/mol. The van der Waals surface area contributed by atoms with E-state index in [1.54, 1.807) is 0 Å². The van der Waals surface area contributed by atoms with Crippen LogP contribution in [-0.2, 0) is 0 Å². The summed E-state index contributed by atoms with van der Waals surface area (Å²) in [6.45, 7) is 11.5. The van der Waals surface area contributed by atoms with Gasteiger partial charge in [-0.05, 0) is 36.1 Å². The maximum absolute atomic E-state index is 5.72. The third kappa shape index (κ3) is 5.73. The summed E-state index contributed by atoms with van der Waals surface area (Å²) in [5.41, 5.74) is 1.33. The first-order valence-electron chi connectivity index (χ1n) is 6.53. The average Bonchev–Trinajstić information content (AvgIpc) is 2.28. The fourth-order valence-electron chi connectivity index (χ4n) is 1.60. The third-order valence-corrected chi connectivity index (χ3v) is 2.62. The van der Waals surface area contributed by atoms with Crippen LogP contribution < -0.4 is 10.1 Å². The van der Waals surface area contributed by atoms with Gasteiger partial charge in [0.1, 0.15) is 12.4 Å². The van der Waals surface area contributed by atoms with Crippen LogP contribution in [0.4, 0.5) is 0 Å². The Hall–Kier alpha value is -1.02. The lowest BCUT2D eigenvalue weighted by atomic mass is 10.0. The van der Waals surface area contributed by atoms with E-state index in [0.717, 1.165) is 25.4 Å². The van der Waals surface area contributed by atoms with Crippen LogP contribution in [0.25, 0.3) is 0 Å². The van der Waals surface area contributed by atoms with Crippen LogP contribution in [0.5, 0.6) is 5.75 Å². The number of ether oxygens (including phenoxy) is 1. The minimum atomic E-state index is 0.553. The number of nitrogens with one attached hydrogen (secondary N) is 1. The van der Waals surface area contributed by atoms with Crippen molar-refractivity contribution in [2.75, 3.05) is 19.7 Å². The van der Waals surface area contributed by atoms with Gasteiger partial charge in [-0.3, -0.25) is 0 Å². The molecule has 0 amide bonds. The zero-order valence-corrected chi connectivity index (χ0v) is 11.5. The summed E-state index contributed by atoms with van der Waals surface area (Å²) in [4.78, 5) is 0. The first kappa shape index (κ1) is 14.0. The summed E-state index contributed by atoms with van der Waals surface area (Å²) in [5, 5.41) is 3.37. The second-order valence-corrected chi connectivity index (χ2v) is 5.17. The van der Waals surface area contributed by atoms with Crippen molar-refractivity contribution >= 4 is 0 Å². The van der Waals surface area contributed by atoms with Gasteiger partial charge in [-0.2, -0.15) is 0 Å². The molecule has 0 fully saturated rings. The molecule has 1 rings (SSSR count). The topological polar surface area (TPSA) is 21.3 Å². The Balaban J connectivity index is 2.29. The van der Waals surface area contributed by atoms with E-state index >= 15 is 0 Å². The van der Waals surface area contributed by atoms with Crippen molar-refractivity contribution in [3.05, 3.63) is 29.8 Å². The Kier molecular flexibility index (Phi) is 6.06. The Morgan fingerprint density at radius 2 is 1.94 bits per heavy atom. The molecule has 0 heterocycles. The Labute approximate surface area is 105 Å². The monoisotopic (exact) mass is 235 g/mol. The summed E-state index contributed by atoms with van der Waals surface area (Å²) >= 11 is 0. The second kappa shape index (κ2) is 7.33. The van der Waals surface area contributed by atoms with Gasteiger partial charge in [0.25, 0.3) is 0 Å². The summed E-state index contributed by atoms with van der Waals surface area (Å²) in [5.74, 6) is 2.22. The van der Waals surface area contributed by atoms with Crippen molar-refractivity contribution in [1.82, 2.24) is 5.32 Å². The molecule has 0 unspecified atom stereocenters. The van der Waals surface area contributed by atoms with E-state index in [9.17, 15) is 0 Å². The van der Waals surface area contributed by atoms with Crippen molar-refractivity contribution in [3.8, 4) is 5.75 Å². The predicted octanol–water partition coefficient (Wildman–Crippen LogP) is 3.43. The van der Waals surface area contributed by atoms with E-state index in [2.05, 4.69) is 51.2 Å². The maximum Gasteiger partial charge on any atom is 0.119 e. The van der Waals surface area contributed by atoms with Crippen LogP contribution >= 0.6 is 0 Å². The van der Waals surface area contributed by atoms with E-state index in [4.69, 9.17) is 4.74 Å². The highest BCUT2D eigenvalue weighted by atomic mass is 16.5. The van der Waals surface area contributed by atoms with Crippen LogP contribution in [0.1, 0.15) is 39.2 Å². The minimum absolute atomic E-state index is 0.553. The molecule has 0 radical (unpaired) electrons. The van der Waals surface area contributed by atoms with E-state index in [1.165, 1.54) is 5.56 Å². The van der Waals surface area contributed by atoms with Gasteiger partial charge in [0.2, 0.25) is 0 Å². The normalized spacial score (nSPS) is 11.2. The fraction of sp³-hybridized carbons (Fsp3) is 0.600. The molecule has 2 heteroatoms. The molecule has 0 aromatic heterocycles. The second-order valence-electron chi connectivity index (χ2n) is 5.17. The molecule has 96 valence electrons. The van der Waals surface area contributed by atoms with Crippen molar-refractivity contribution in [2.45, 2.75) is 33.6 Å². The van der Waals surface area contributed by atoms with Crippen molar-refractivity contribution in [1.29, 1.82) is 0 Å². The summed E-state index contributed by atoms with van der Waals surface area (Å²) < 4.78 is 5.72. The lowest BCUT2D eigenvalue weighted by molar-refractivity contribution is 0.310. The van der Waals surface area contributed by atoms with Crippen molar-refractivity contribution < 1.29 is 4.74 Å². The molecule has 2 nitrogen and oxygen atoms in total. The number of hydrogen-bond donors (Lipinski definition) is 1. The molecule has 0 saturated heterocycles. The first-order valence-corrected chi connectivity index (χ1v) is 6.53. The van der Waals surface area contributed by atoms with Gasteiger partial charge < -0.3 is 10.1 Å². The van der Waals surface area contributed by atoms with Crippen LogP contribution in [0.15, 0.2) is 24.3 Å². The lowest BCUT2D eigenvalue weighted by Gasteiger charge is -2.11. The van der Waals surface area contributed by atoms with Crippen molar-refractivity contribution in [2.24, 2.45) is 5.92 Å². The summed E-state index contributed by atoms with van der Waals surface area (Å²) in [6, 6.07) is 8.36. The highest BCUT2D eigenvalue weighted by Gasteiger charge is 2.00. The molecule has 1 aromatic rings. The van der Waals surface area contributed by atoms with Gasteiger partial charge in [0.05, 0.1) is 0 Å². The Morgan fingerprint density at radius 3 is 2.59 bits per heavy atom. The van der Waals surface area contributed by atoms with Gasteiger partial charge in [0.15, 0.2) is 0 Å². The van der Waals surface area contributed by atoms with Crippen LogP contribution in [-0.4, -0.2) is 19.7 Å². The first-order chi connectivity index (χ1) is 8.09. The van der Waals surface area contributed by atoms with Gasteiger partial charge in [-0.25, -0.2) is 0 Å². The SMILES string of the molecule is CC(C)CNCCOc1cccc(C(C)C)c1. The Bertz CT molecular complexity index is 320. The molecule has 1 aromatic carbocycles. The summed E-state index contributed by atoms with van der Waals surface area (Å²) in [7, 11) is 0. The van der Waals surface area contributed by atoms with Crippen LogP contribution in [0.3, 0.4) is 0 Å². The minimum Gasteiger partial charge on any atom is -0.492 e. The molecule has 0 saturated carbocycles. The fourth-order valence-corrected chi connectivity index (χ4v) is 1.60. The highest BCUT2D eigenvalue weighted by Crippen LogP contribution is 2.19. The molecule has 0 bridgehead atoms. The zero-order chi connectivity index (χ0) is 12.7. The van der Waals surface area contributed by atoms with Gasteiger partial charge in [-0.15, -0.1) is 0 Å². The van der Waals surface area contributed by atoms with Crippen LogP contribution in [0.2, 0.25) is 0 Å². The molecule has 0 aliphatic rings. The number of benzene rings is 1. The molecule has 0 atom stereocenters. The quantitative estimate of drug-likeness (QED) is 0.731. The average molecular weight is 235 g/mol. The van der Waals surface area contributed by atoms with E-state index in [1.807, 2.05) is 6.07 Å². The molecule has 17 heavy (non-hydrogen) atoms. The molecule has 0 spiro atoms. The maximum atomic E-state index is 5.72. The number of rotatable bonds is 7. The van der Waals surface area contributed by atoms with E-state index in [0.29, 0.717) is 11.8 Å². The molecule has 0 aliphatic carbocycles. The van der Waals surface area contributed by atoms with Crippen molar-refractivity contribution in [3.63, 3.8) is 0 Å². The molecular weight excluding hydrogens is 210 g/mol. The van der Waals surface area contributed by atoms with E-state index in [-0.39, 0.29) is 0 Å². The molecule has 0 aliphatic heterocycles. The van der Waals surface area contributed by atoms with E-state index < -0.39 is 0 Å². The van der Waals surface area contributed by atoms with Gasteiger partial charge in [0, 0.05) is 6.54 Å². The van der Waals surface area contributed by atoms with Crippen LogP contribution in [0, 0.1) is 5.92 Å². The van der Waals surface area contributed by atoms with Gasteiger partial charge in [-0.1, -0.05) is 39.8 Å². The summed E-state index contributed by atoms with van der Waals surface area (Å²) in [6.07, 6.45) is 0. The third-order valence-electron chi connectivity index (χ3n) is 2.62. The molecular formula is C15H25NO. The largest absolute Gasteiger partial charge is 0.492 e.